The van der Waals surface area contributed by atoms with Gasteiger partial charge < -0.3 is 10.2 Å². The van der Waals surface area contributed by atoms with Crippen molar-refractivity contribution < 1.29 is 14.6 Å². The van der Waals surface area contributed by atoms with Crippen LogP contribution in [-0.4, -0.2) is 24.4 Å². The summed E-state index contributed by atoms with van der Waals surface area (Å²) in [6, 6.07) is 23.2. The van der Waals surface area contributed by atoms with E-state index in [1.165, 1.54) is 6.07 Å². The maximum absolute atomic E-state index is 12.9. The second kappa shape index (κ2) is 9.33. The van der Waals surface area contributed by atoms with E-state index in [1.54, 1.807) is 13.0 Å². The minimum absolute atomic E-state index is 0.0354. The largest absolute Gasteiger partial charge is 0.320 e. The number of carbonyl (C=O) groups excluding carboxylic acids is 1. The van der Waals surface area contributed by atoms with E-state index < -0.39 is 4.92 Å². The number of carbonyl (C=O) groups is 1. The van der Waals surface area contributed by atoms with Crippen molar-refractivity contribution in [3.8, 4) is 0 Å². The van der Waals surface area contributed by atoms with Crippen LogP contribution in [0.4, 0.5) is 11.4 Å². The highest BCUT2D eigenvalue weighted by atomic mass is 16.6. The molecule has 6 heteroatoms. The van der Waals surface area contributed by atoms with Gasteiger partial charge >= 0.3 is 0 Å². The number of nitro groups is 1. The fraction of sp³-hybridized carbons (Fsp3) is 0.208. The van der Waals surface area contributed by atoms with Crippen LogP contribution in [0.5, 0.6) is 0 Å². The molecule has 1 unspecified atom stereocenters. The molecule has 0 bridgehead atoms. The first-order chi connectivity index (χ1) is 14.4. The van der Waals surface area contributed by atoms with Crippen LogP contribution >= 0.6 is 0 Å². The van der Waals surface area contributed by atoms with Crippen LogP contribution in [0.2, 0.25) is 0 Å². The average molecular weight is 404 g/mol. The number of nitrogens with zero attached hydrogens (tertiary/aromatic N) is 1. The summed E-state index contributed by atoms with van der Waals surface area (Å²) in [6.45, 7) is 3.82. The molecule has 0 aliphatic heterocycles. The van der Waals surface area contributed by atoms with E-state index in [0.717, 1.165) is 21.6 Å². The molecule has 30 heavy (non-hydrogen) atoms. The van der Waals surface area contributed by atoms with Crippen LogP contribution in [0.1, 0.15) is 28.3 Å². The van der Waals surface area contributed by atoms with E-state index in [4.69, 9.17) is 0 Å². The molecule has 3 rings (SSSR count). The molecular weight excluding hydrogens is 378 g/mol. The Morgan fingerprint density at radius 2 is 1.50 bits per heavy atom. The molecule has 0 saturated heterocycles. The Morgan fingerprint density at radius 1 is 0.967 bits per heavy atom. The molecule has 0 heterocycles. The summed E-state index contributed by atoms with van der Waals surface area (Å²) in [6.07, 6.45) is 0. The number of benzene rings is 3. The van der Waals surface area contributed by atoms with Gasteiger partial charge in [0.05, 0.1) is 12.0 Å². The first kappa shape index (κ1) is 21.2. The first-order valence-corrected chi connectivity index (χ1v) is 9.85. The van der Waals surface area contributed by atoms with E-state index in [2.05, 4.69) is 29.6 Å². The zero-order chi connectivity index (χ0) is 21.7. The van der Waals surface area contributed by atoms with Gasteiger partial charge in [-0.2, -0.15) is 0 Å². The number of hydrogen-bond donors (Lipinski definition) is 2. The van der Waals surface area contributed by atoms with Crippen molar-refractivity contribution in [1.29, 1.82) is 0 Å². The fourth-order valence-corrected chi connectivity index (χ4v) is 3.70. The zero-order valence-electron chi connectivity index (χ0n) is 17.4. The van der Waals surface area contributed by atoms with Crippen molar-refractivity contribution in [3.63, 3.8) is 0 Å². The molecule has 0 aliphatic carbocycles. The molecule has 2 N–H and O–H groups in total. The molecular formula is C24H26N3O3+. The predicted octanol–water partition coefficient (Wildman–Crippen LogP) is 3.45. The second-order valence-corrected chi connectivity index (χ2v) is 7.48. The normalized spacial score (nSPS) is 11.9. The lowest BCUT2D eigenvalue weighted by Gasteiger charge is -2.25. The number of nitrogens with one attached hydrogen (secondary N) is 2. The van der Waals surface area contributed by atoms with Crippen molar-refractivity contribution in [2.45, 2.75) is 19.9 Å². The lowest BCUT2D eigenvalue weighted by atomic mass is 9.97. The van der Waals surface area contributed by atoms with Gasteiger partial charge in [0.25, 0.3) is 11.6 Å². The van der Waals surface area contributed by atoms with Crippen LogP contribution in [0.25, 0.3) is 0 Å². The van der Waals surface area contributed by atoms with Gasteiger partial charge in [0.15, 0.2) is 6.54 Å². The topological polar surface area (TPSA) is 76.7 Å². The number of hydrogen-bond acceptors (Lipinski definition) is 3. The van der Waals surface area contributed by atoms with E-state index >= 15 is 0 Å². The molecule has 0 aromatic heterocycles. The Labute approximate surface area is 176 Å². The maximum Gasteiger partial charge on any atom is 0.293 e. The minimum atomic E-state index is -0.463. The smallest absolute Gasteiger partial charge is 0.293 e. The monoisotopic (exact) mass is 404 g/mol. The molecule has 3 aromatic rings. The molecule has 0 spiro atoms. The molecule has 154 valence electrons. The number of rotatable bonds is 7. The summed E-state index contributed by atoms with van der Waals surface area (Å²) in [5.41, 5.74) is 3.99. The van der Waals surface area contributed by atoms with Crippen molar-refractivity contribution in [2.75, 3.05) is 18.9 Å². The number of nitro benzene ring substituents is 1. The Bertz CT molecular complexity index is 997. The van der Waals surface area contributed by atoms with Crippen LogP contribution in [0.15, 0.2) is 72.8 Å². The molecule has 1 amide bonds. The molecule has 0 fully saturated rings. The van der Waals surface area contributed by atoms with Crippen LogP contribution in [0, 0.1) is 24.0 Å². The Kier molecular flexibility index (Phi) is 6.59. The third kappa shape index (κ3) is 4.72. The highest BCUT2D eigenvalue weighted by Gasteiger charge is 2.26. The lowest BCUT2D eigenvalue weighted by Crippen LogP contribution is -3.10. The molecule has 3 aromatic carbocycles. The summed E-state index contributed by atoms with van der Waals surface area (Å²) < 4.78 is 0. The SMILES string of the molecule is Cc1ccc([N+](=O)[O-])c(NC(=O)C[NH+](C)C(c2ccccc2)c2ccccc2)c1C. The summed E-state index contributed by atoms with van der Waals surface area (Å²) in [4.78, 5) is 24.8. The Hall–Kier alpha value is -3.51. The zero-order valence-corrected chi connectivity index (χ0v) is 17.4. The molecule has 0 radical (unpaired) electrons. The Balaban J connectivity index is 1.85. The fourth-order valence-electron chi connectivity index (χ4n) is 3.70. The average Bonchev–Trinajstić information content (AvgIpc) is 2.73. The highest BCUT2D eigenvalue weighted by Crippen LogP contribution is 2.30. The number of quaternary nitrogens is 1. The molecule has 0 aliphatic rings. The number of likely N-dealkylation sites (N-methyl/N-ethyl adjacent to an activating group) is 1. The molecule has 1 atom stereocenters. The molecule has 0 saturated carbocycles. The van der Waals surface area contributed by atoms with Crippen molar-refractivity contribution in [3.05, 3.63) is 105 Å². The van der Waals surface area contributed by atoms with Crippen LogP contribution in [-0.2, 0) is 4.79 Å². The van der Waals surface area contributed by atoms with E-state index in [1.807, 2.05) is 50.4 Å². The quantitative estimate of drug-likeness (QED) is 0.468. The van der Waals surface area contributed by atoms with Crippen molar-refractivity contribution in [2.24, 2.45) is 0 Å². The van der Waals surface area contributed by atoms with E-state index in [0.29, 0.717) is 5.56 Å². The third-order valence-corrected chi connectivity index (χ3v) is 5.37. The third-order valence-electron chi connectivity index (χ3n) is 5.37. The van der Waals surface area contributed by atoms with Gasteiger partial charge in [-0.1, -0.05) is 66.7 Å². The summed E-state index contributed by atoms with van der Waals surface area (Å²) in [7, 11) is 1.96. The number of anilines is 1. The predicted molar refractivity (Wildman–Crippen MR) is 118 cm³/mol. The highest BCUT2D eigenvalue weighted by molar-refractivity contribution is 5.95. The van der Waals surface area contributed by atoms with Crippen molar-refractivity contribution >= 4 is 17.3 Å². The number of amides is 1. The summed E-state index contributed by atoms with van der Waals surface area (Å²) in [5.74, 6) is -0.263. The van der Waals surface area contributed by atoms with Gasteiger partial charge in [0.1, 0.15) is 11.7 Å². The van der Waals surface area contributed by atoms with Gasteiger partial charge in [0.2, 0.25) is 0 Å². The Morgan fingerprint density at radius 3 is 2.00 bits per heavy atom. The van der Waals surface area contributed by atoms with Gasteiger partial charge in [-0.3, -0.25) is 14.9 Å². The summed E-state index contributed by atoms with van der Waals surface area (Å²) >= 11 is 0. The van der Waals surface area contributed by atoms with Crippen LogP contribution in [0.3, 0.4) is 0 Å². The lowest BCUT2D eigenvalue weighted by molar-refractivity contribution is -0.897. The summed E-state index contributed by atoms with van der Waals surface area (Å²) in [5, 5.41) is 14.2. The first-order valence-electron chi connectivity index (χ1n) is 9.85. The van der Waals surface area contributed by atoms with Gasteiger partial charge in [0, 0.05) is 17.2 Å². The van der Waals surface area contributed by atoms with Crippen LogP contribution < -0.4 is 10.2 Å². The minimum Gasteiger partial charge on any atom is -0.320 e. The standard InChI is InChI=1S/C24H25N3O3/c1-17-14-15-21(27(29)30)23(18(17)2)25-22(28)16-26(3)24(19-10-6-4-7-11-19)20-12-8-5-9-13-20/h4-15,24H,16H2,1-3H3,(H,25,28)/p+1. The molecule has 6 nitrogen and oxygen atoms in total. The van der Waals surface area contributed by atoms with Gasteiger partial charge in [-0.05, 0) is 25.0 Å². The van der Waals surface area contributed by atoms with Gasteiger partial charge in [-0.15, -0.1) is 0 Å². The van der Waals surface area contributed by atoms with E-state index in [-0.39, 0.29) is 29.9 Å². The maximum atomic E-state index is 12.9. The number of aryl methyl sites for hydroxylation is 1. The van der Waals surface area contributed by atoms with Crippen molar-refractivity contribution in [1.82, 2.24) is 0 Å². The van der Waals surface area contributed by atoms with E-state index in [9.17, 15) is 14.9 Å². The second-order valence-electron chi connectivity index (χ2n) is 7.48. The van der Waals surface area contributed by atoms with Gasteiger partial charge in [-0.25, -0.2) is 0 Å².